The number of anilines is 1. The lowest BCUT2D eigenvalue weighted by atomic mass is 10.1. The van der Waals surface area contributed by atoms with Crippen LogP contribution >= 0.6 is 0 Å². The molecule has 1 N–H and O–H groups in total. The van der Waals surface area contributed by atoms with Crippen molar-refractivity contribution in [3.8, 4) is 11.8 Å². The molecule has 0 radical (unpaired) electrons. The van der Waals surface area contributed by atoms with Gasteiger partial charge in [0.1, 0.15) is 11.8 Å². The molecule has 1 aromatic carbocycles. The van der Waals surface area contributed by atoms with Gasteiger partial charge in [-0.15, -0.1) is 0 Å². The molecular formula is C20H23N3O2. The fourth-order valence-corrected chi connectivity index (χ4v) is 2.42. The minimum atomic E-state index is -0.240. The molecule has 0 bridgehead atoms. The summed E-state index contributed by atoms with van der Waals surface area (Å²) in [4.78, 5) is 16.0. The summed E-state index contributed by atoms with van der Waals surface area (Å²) in [5, 5.41) is 12.1. The molecule has 2 rings (SSSR count). The molecule has 0 saturated carbocycles. The highest BCUT2D eigenvalue weighted by Crippen LogP contribution is 2.23. The fourth-order valence-electron chi connectivity index (χ4n) is 2.42. The normalized spacial score (nSPS) is 10.1. The second-order valence-electron chi connectivity index (χ2n) is 5.78. The number of unbranched alkanes of at least 4 members (excludes halogenated alkanes) is 4. The zero-order valence-electron chi connectivity index (χ0n) is 14.5. The van der Waals surface area contributed by atoms with Crippen LogP contribution < -0.4 is 10.1 Å². The second kappa shape index (κ2) is 10.1. The summed E-state index contributed by atoms with van der Waals surface area (Å²) in [5.41, 5.74) is 1.50. The molecule has 0 unspecified atom stereocenters. The molecule has 0 saturated heterocycles. The Morgan fingerprint density at radius 3 is 2.64 bits per heavy atom. The van der Waals surface area contributed by atoms with E-state index in [0.717, 1.165) is 12.8 Å². The maximum atomic E-state index is 12.1. The Kier molecular flexibility index (Phi) is 7.45. The summed E-state index contributed by atoms with van der Waals surface area (Å²) in [6.45, 7) is 2.78. The Bertz CT molecular complexity index is 723. The third-order valence-corrected chi connectivity index (χ3v) is 3.81. The van der Waals surface area contributed by atoms with Crippen molar-refractivity contribution in [2.45, 2.75) is 39.0 Å². The van der Waals surface area contributed by atoms with Crippen LogP contribution in [0.25, 0.3) is 0 Å². The van der Waals surface area contributed by atoms with Crippen molar-refractivity contribution in [2.75, 3.05) is 11.9 Å². The van der Waals surface area contributed by atoms with E-state index in [4.69, 9.17) is 4.74 Å². The number of carbonyl (C=O) groups excluding carboxylic acids is 1. The quantitative estimate of drug-likeness (QED) is 0.681. The Morgan fingerprint density at radius 2 is 1.92 bits per heavy atom. The van der Waals surface area contributed by atoms with Gasteiger partial charge in [-0.1, -0.05) is 32.6 Å². The smallest absolute Gasteiger partial charge is 0.255 e. The molecular weight excluding hydrogens is 314 g/mol. The number of benzene rings is 1. The van der Waals surface area contributed by atoms with Gasteiger partial charge >= 0.3 is 0 Å². The number of aromatic nitrogens is 1. The van der Waals surface area contributed by atoms with Crippen molar-refractivity contribution in [3.63, 3.8) is 0 Å². The van der Waals surface area contributed by atoms with Gasteiger partial charge in [-0.05, 0) is 36.8 Å². The third kappa shape index (κ3) is 5.92. The molecule has 0 spiro atoms. The molecule has 0 aliphatic carbocycles. The van der Waals surface area contributed by atoms with Gasteiger partial charge in [0, 0.05) is 23.6 Å². The molecule has 130 valence electrons. The Balaban J connectivity index is 1.92. The van der Waals surface area contributed by atoms with Crippen LogP contribution in [-0.4, -0.2) is 17.5 Å². The van der Waals surface area contributed by atoms with Crippen molar-refractivity contribution < 1.29 is 9.53 Å². The molecule has 0 aliphatic heterocycles. The first kappa shape index (κ1) is 18.5. The number of ether oxygens (including phenoxy) is 1. The zero-order valence-corrected chi connectivity index (χ0v) is 14.5. The lowest BCUT2D eigenvalue weighted by molar-refractivity contribution is 0.102. The molecule has 0 fully saturated rings. The third-order valence-electron chi connectivity index (χ3n) is 3.81. The molecule has 0 aliphatic rings. The summed E-state index contributed by atoms with van der Waals surface area (Å²) in [6.07, 6.45) is 8.91. The number of nitriles is 1. The molecule has 1 heterocycles. The van der Waals surface area contributed by atoms with Crippen LogP contribution in [-0.2, 0) is 0 Å². The SMILES string of the molecule is CCCCCCCOc1ccc(NC(=O)c2ccncc2)cc1C#N. The number of nitrogens with zero attached hydrogens (tertiary/aromatic N) is 2. The van der Waals surface area contributed by atoms with Crippen molar-refractivity contribution in [1.29, 1.82) is 5.26 Å². The maximum Gasteiger partial charge on any atom is 0.255 e. The molecule has 0 atom stereocenters. The van der Waals surface area contributed by atoms with E-state index in [1.54, 1.807) is 42.7 Å². The summed E-state index contributed by atoms with van der Waals surface area (Å²) in [6, 6.07) is 10.5. The monoisotopic (exact) mass is 337 g/mol. The average Bonchev–Trinajstić information content (AvgIpc) is 2.66. The van der Waals surface area contributed by atoms with Gasteiger partial charge < -0.3 is 10.1 Å². The Labute approximate surface area is 148 Å². The fraction of sp³-hybridized carbons (Fsp3) is 0.350. The standard InChI is InChI=1S/C20H23N3O2/c1-2-3-4-5-6-13-25-19-8-7-18(14-17(19)15-21)23-20(24)16-9-11-22-12-10-16/h7-12,14H,2-6,13H2,1H3,(H,23,24). The first-order valence-electron chi connectivity index (χ1n) is 8.63. The summed E-state index contributed by atoms with van der Waals surface area (Å²) < 4.78 is 5.71. The van der Waals surface area contributed by atoms with Crippen LogP contribution in [0.5, 0.6) is 5.75 Å². The van der Waals surface area contributed by atoms with Crippen molar-refractivity contribution in [1.82, 2.24) is 4.98 Å². The van der Waals surface area contributed by atoms with E-state index in [9.17, 15) is 10.1 Å². The van der Waals surface area contributed by atoms with Crippen LogP contribution in [0.2, 0.25) is 0 Å². The number of amides is 1. The highest BCUT2D eigenvalue weighted by Gasteiger charge is 2.09. The summed E-state index contributed by atoms with van der Waals surface area (Å²) >= 11 is 0. The first-order valence-corrected chi connectivity index (χ1v) is 8.63. The number of hydrogen-bond acceptors (Lipinski definition) is 4. The van der Waals surface area contributed by atoms with Gasteiger partial charge in [0.05, 0.1) is 12.2 Å². The van der Waals surface area contributed by atoms with Gasteiger partial charge in [-0.3, -0.25) is 9.78 Å². The minimum absolute atomic E-state index is 0.240. The van der Waals surface area contributed by atoms with Gasteiger partial charge in [-0.2, -0.15) is 5.26 Å². The predicted octanol–water partition coefficient (Wildman–Crippen LogP) is 4.55. The van der Waals surface area contributed by atoms with Crippen LogP contribution in [0.15, 0.2) is 42.7 Å². The van der Waals surface area contributed by atoms with E-state index in [0.29, 0.717) is 29.2 Å². The van der Waals surface area contributed by atoms with E-state index in [1.165, 1.54) is 19.3 Å². The Hall–Kier alpha value is -2.87. The summed E-state index contributed by atoms with van der Waals surface area (Å²) in [7, 11) is 0. The molecule has 5 heteroatoms. The van der Waals surface area contributed by atoms with Gasteiger partial charge in [-0.25, -0.2) is 0 Å². The van der Waals surface area contributed by atoms with Crippen LogP contribution in [0.4, 0.5) is 5.69 Å². The number of pyridine rings is 1. The molecule has 25 heavy (non-hydrogen) atoms. The average molecular weight is 337 g/mol. The first-order chi connectivity index (χ1) is 12.2. The number of hydrogen-bond donors (Lipinski definition) is 1. The maximum absolute atomic E-state index is 12.1. The van der Waals surface area contributed by atoms with E-state index in [2.05, 4.69) is 23.3 Å². The largest absolute Gasteiger partial charge is 0.492 e. The number of carbonyl (C=O) groups is 1. The van der Waals surface area contributed by atoms with Crippen molar-refractivity contribution >= 4 is 11.6 Å². The molecule has 5 nitrogen and oxygen atoms in total. The highest BCUT2D eigenvalue weighted by molar-refractivity contribution is 6.04. The Morgan fingerprint density at radius 1 is 1.16 bits per heavy atom. The van der Waals surface area contributed by atoms with Crippen molar-refractivity contribution in [2.24, 2.45) is 0 Å². The molecule has 1 amide bonds. The van der Waals surface area contributed by atoms with Crippen LogP contribution in [0.1, 0.15) is 54.9 Å². The highest BCUT2D eigenvalue weighted by atomic mass is 16.5. The number of rotatable bonds is 9. The topological polar surface area (TPSA) is 75.0 Å². The predicted molar refractivity (Wildman–Crippen MR) is 97.6 cm³/mol. The van der Waals surface area contributed by atoms with Crippen LogP contribution in [0, 0.1) is 11.3 Å². The lowest BCUT2D eigenvalue weighted by Crippen LogP contribution is -2.12. The lowest BCUT2D eigenvalue weighted by Gasteiger charge is -2.10. The van der Waals surface area contributed by atoms with E-state index >= 15 is 0 Å². The van der Waals surface area contributed by atoms with Crippen LogP contribution in [0.3, 0.4) is 0 Å². The van der Waals surface area contributed by atoms with E-state index in [1.807, 2.05) is 0 Å². The van der Waals surface area contributed by atoms with Gasteiger partial charge in [0.25, 0.3) is 5.91 Å². The van der Waals surface area contributed by atoms with E-state index in [-0.39, 0.29) is 5.91 Å². The number of nitrogens with one attached hydrogen (secondary N) is 1. The van der Waals surface area contributed by atoms with E-state index < -0.39 is 0 Å². The zero-order chi connectivity index (χ0) is 17.9. The molecule has 2 aromatic rings. The van der Waals surface area contributed by atoms with Crippen molar-refractivity contribution in [3.05, 3.63) is 53.9 Å². The second-order valence-corrected chi connectivity index (χ2v) is 5.78. The molecule has 1 aromatic heterocycles. The summed E-state index contributed by atoms with van der Waals surface area (Å²) in [5.74, 6) is 0.316. The minimum Gasteiger partial charge on any atom is -0.492 e. The van der Waals surface area contributed by atoms with Gasteiger partial charge in [0.2, 0.25) is 0 Å². The van der Waals surface area contributed by atoms with Gasteiger partial charge in [0.15, 0.2) is 0 Å².